The van der Waals surface area contributed by atoms with Crippen LogP contribution in [0.4, 0.5) is 0 Å². The summed E-state index contributed by atoms with van der Waals surface area (Å²) in [6.07, 6.45) is 0. The second kappa shape index (κ2) is 7.56. The number of nitrogens with one attached hydrogen (secondary N) is 1. The van der Waals surface area contributed by atoms with Gasteiger partial charge in [-0.25, -0.2) is 4.98 Å². The Morgan fingerprint density at radius 3 is 2.77 bits per heavy atom. The molecule has 0 spiro atoms. The number of rotatable bonds is 6. The summed E-state index contributed by atoms with van der Waals surface area (Å²) in [5, 5.41) is 4.47. The van der Waals surface area contributed by atoms with E-state index in [2.05, 4.69) is 15.2 Å². The van der Waals surface area contributed by atoms with E-state index in [0.717, 1.165) is 23.0 Å². The van der Waals surface area contributed by atoms with Crippen LogP contribution in [0, 0.1) is 0 Å². The van der Waals surface area contributed by atoms with Crippen LogP contribution in [0.2, 0.25) is 5.15 Å². The second-order valence-corrected chi connectivity index (χ2v) is 6.01. The molecule has 0 aliphatic rings. The van der Waals surface area contributed by atoms with E-state index in [-0.39, 0.29) is 11.9 Å². The van der Waals surface area contributed by atoms with Gasteiger partial charge in [-0.2, -0.15) is 0 Å². The predicted molar refractivity (Wildman–Crippen MR) is 91.0 cm³/mol. The lowest BCUT2D eigenvalue weighted by atomic mass is 10.1. The summed E-state index contributed by atoms with van der Waals surface area (Å²) in [5.41, 5.74) is 1.83. The number of pyridine rings is 1. The van der Waals surface area contributed by atoms with Gasteiger partial charge >= 0.3 is 0 Å². The highest BCUT2D eigenvalue weighted by molar-refractivity contribution is 6.30. The molecule has 1 aromatic carbocycles. The molecule has 118 valence electrons. The first-order valence-corrected chi connectivity index (χ1v) is 7.93. The van der Waals surface area contributed by atoms with Crippen molar-refractivity contribution in [2.75, 3.05) is 13.1 Å². The normalized spacial score (nSPS) is 11.4. The number of likely N-dealkylation sites (N-methyl/N-ethyl adjacent to an activating group) is 1. The Morgan fingerprint density at radius 1 is 1.36 bits per heavy atom. The maximum Gasteiger partial charge on any atom is 0.234 e. The maximum atomic E-state index is 11.9. The van der Waals surface area contributed by atoms with E-state index in [1.807, 2.05) is 51.1 Å². The van der Waals surface area contributed by atoms with Crippen molar-refractivity contribution >= 4 is 28.4 Å². The van der Waals surface area contributed by atoms with Crippen molar-refractivity contribution in [1.82, 2.24) is 15.2 Å². The average Bonchev–Trinajstić information content (AvgIpc) is 2.46. The van der Waals surface area contributed by atoms with Crippen LogP contribution >= 0.6 is 11.6 Å². The van der Waals surface area contributed by atoms with E-state index < -0.39 is 0 Å². The van der Waals surface area contributed by atoms with Gasteiger partial charge in [-0.3, -0.25) is 9.69 Å². The van der Waals surface area contributed by atoms with E-state index in [9.17, 15) is 4.79 Å². The smallest absolute Gasteiger partial charge is 0.234 e. The Labute approximate surface area is 136 Å². The molecule has 0 saturated carbocycles. The van der Waals surface area contributed by atoms with Gasteiger partial charge in [0.25, 0.3) is 0 Å². The Balaban J connectivity index is 2.13. The third-order valence-electron chi connectivity index (χ3n) is 3.41. The number of carbonyl (C=O) groups excluding carboxylic acids is 1. The molecule has 22 heavy (non-hydrogen) atoms. The van der Waals surface area contributed by atoms with Crippen molar-refractivity contribution < 1.29 is 4.79 Å². The monoisotopic (exact) mass is 319 g/mol. The summed E-state index contributed by atoms with van der Waals surface area (Å²) in [6, 6.07) is 10.1. The van der Waals surface area contributed by atoms with E-state index in [0.29, 0.717) is 18.2 Å². The highest BCUT2D eigenvalue weighted by Gasteiger charge is 2.13. The molecule has 1 aromatic heterocycles. The van der Waals surface area contributed by atoms with Crippen molar-refractivity contribution in [3.63, 3.8) is 0 Å². The molecule has 4 nitrogen and oxygen atoms in total. The second-order valence-electron chi connectivity index (χ2n) is 5.66. The fraction of sp³-hybridized carbons (Fsp3) is 0.412. The molecule has 0 bridgehead atoms. The Kier molecular flexibility index (Phi) is 5.75. The first kappa shape index (κ1) is 16.7. The number of para-hydroxylation sites is 1. The summed E-state index contributed by atoms with van der Waals surface area (Å²) < 4.78 is 0. The lowest BCUT2D eigenvalue weighted by Gasteiger charge is -2.21. The zero-order chi connectivity index (χ0) is 16.1. The number of halogens is 1. The van der Waals surface area contributed by atoms with Gasteiger partial charge in [0.2, 0.25) is 5.91 Å². The fourth-order valence-corrected chi connectivity index (χ4v) is 2.54. The molecule has 1 heterocycles. The molecule has 2 rings (SSSR count). The van der Waals surface area contributed by atoms with Crippen molar-refractivity contribution in [2.45, 2.75) is 33.4 Å². The minimum atomic E-state index is 0.0294. The number of aromatic nitrogens is 1. The summed E-state index contributed by atoms with van der Waals surface area (Å²) in [7, 11) is 0. The lowest BCUT2D eigenvalue weighted by Crippen LogP contribution is -2.39. The number of benzene rings is 1. The van der Waals surface area contributed by atoms with Gasteiger partial charge in [0.1, 0.15) is 5.15 Å². The quantitative estimate of drug-likeness (QED) is 0.831. The standard InChI is InChI=1S/C17H22ClN3O/c1-4-21(11-16(22)19-12(2)3)10-14-9-13-7-5-6-8-15(13)20-17(14)18/h5-9,12H,4,10-11H2,1-3H3,(H,19,22). The number of amides is 1. The number of fused-ring (bicyclic) bond motifs is 1. The van der Waals surface area contributed by atoms with Crippen molar-refractivity contribution in [3.05, 3.63) is 41.0 Å². The zero-order valence-corrected chi connectivity index (χ0v) is 14.0. The van der Waals surface area contributed by atoms with E-state index in [4.69, 9.17) is 11.6 Å². The van der Waals surface area contributed by atoms with Gasteiger partial charge in [-0.05, 0) is 32.5 Å². The van der Waals surface area contributed by atoms with Crippen LogP contribution in [0.3, 0.4) is 0 Å². The van der Waals surface area contributed by atoms with Gasteiger partial charge in [0, 0.05) is 23.5 Å². The van der Waals surface area contributed by atoms with E-state index in [1.165, 1.54) is 0 Å². The van der Waals surface area contributed by atoms with Crippen molar-refractivity contribution in [1.29, 1.82) is 0 Å². The Morgan fingerprint density at radius 2 is 2.09 bits per heavy atom. The first-order chi connectivity index (χ1) is 10.5. The Hall–Kier alpha value is -1.65. The van der Waals surface area contributed by atoms with Crippen molar-refractivity contribution in [2.24, 2.45) is 0 Å². The summed E-state index contributed by atoms with van der Waals surface area (Å²) in [6.45, 7) is 7.69. The first-order valence-electron chi connectivity index (χ1n) is 7.55. The predicted octanol–water partition coefficient (Wildman–Crippen LogP) is 3.23. The highest BCUT2D eigenvalue weighted by Crippen LogP contribution is 2.21. The molecule has 2 aromatic rings. The minimum absolute atomic E-state index is 0.0294. The molecule has 0 fully saturated rings. The largest absolute Gasteiger partial charge is 0.353 e. The van der Waals surface area contributed by atoms with Gasteiger partial charge in [-0.1, -0.05) is 36.7 Å². The van der Waals surface area contributed by atoms with Gasteiger partial charge < -0.3 is 5.32 Å². The van der Waals surface area contributed by atoms with Crippen LogP contribution < -0.4 is 5.32 Å². The molecule has 0 radical (unpaired) electrons. The lowest BCUT2D eigenvalue weighted by molar-refractivity contribution is -0.122. The highest BCUT2D eigenvalue weighted by atomic mass is 35.5. The molecule has 0 unspecified atom stereocenters. The number of nitrogens with zero attached hydrogens (tertiary/aromatic N) is 2. The SMILES string of the molecule is CCN(CC(=O)NC(C)C)Cc1cc2ccccc2nc1Cl. The summed E-state index contributed by atoms with van der Waals surface area (Å²) >= 11 is 6.29. The molecule has 0 saturated heterocycles. The van der Waals surface area contributed by atoms with Crippen LogP contribution in [-0.2, 0) is 11.3 Å². The fourth-order valence-electron chi connectivity index (χ4n) is 2.34. The van der Waals surface area contributed by atoms with Crippen molar-refractivity contribution in [3.8, 4) is 0 Å². The van der Waals surface area contributed by atoms with E-state index >= 15 is 0 Å². The molecule has 0 aliphatic heterocycles. The number of hydrogen-bond acceptors (Lipinski definition) is 3. The summed E-state index contributed by atoms with van der Waals surface area (Å²) in [5.74, 6) is 0.0294. The van der Waals surface area contributed by atoms with Crippen LogP contribution in [-0.4, -0.2) is 34.9 Å². The van der Waals surface area contributed by atoms with Gasteiger partial charge in [0.05, 0.1) is 12.1 Å². The zero-order valence-electron chi connectivity index (χ0n) is 13.3. The Bertz CT molecular complexity index is 657. The number of carbonyl (C=O) groups is 1. The third kappa shape index (κ3) is 4.42. The van der Waals surface area contributed by atoms with Gasteiger partial charge in [0.15, 0.2) is 0 Å². The average molecular weight is 320 g/mol. The third-order valence-corrected chi connectivity index (χ3v) is 3.74. The topological polar surface area (TPSA) is 45.2 Å². The van der Waals surface area contributed by atoms with Crippen LogP contribution in [0.1, 0.15) is 26.3 Å². The van der Waals surface area contributed by atoms with E-state index in [1.54, 1.807) is 0 Å². The summed E-state index contributed by atoms with van der Waals surface area (Å²) in [4.78, 5) is 18.4. The molecule has 0 atom stereocenters. The molecule has 1 N–H and O–H groups in total. The van der Waals surface area contributed by atoms with Crippen LogP contribution in [0.25, 0.3) is 10.9 Å². The molecule has 0 aliphatic carbocycles. The van der Waals surface area contributed by atoms with Crippen LogP contribution in [0.5, 0.6) is 0 Å². The minimum Gasteiger partial charge on any atom is -0.353 e. The van der Waals surface area contributed by atoms with Crippen LogP contribution in [0.15, 0.2) is 30.3 Å². The number of hydrogen-bond donors (Lipinski definition) is 1. The maximum absolute atomic E-state index is 11.9. The molecule has 1 amide bonds. The molecular formula is C17H22ClN3O. The molecular weight excluding hydrogens is 298 g/mol. The molecule has 5 heteroatoms. The van der Waals surface area contributed by atoms with Gasteiger partial charge in [-0.15, -0.1) is 0 Å².